The van der Waals surface area contributed by atoms with Gasteiger partial charge in [-0.05, 0) is 55.2 Å². The van der Waals surface area contributed by atoms with Crippen molar-refractivity contribution in [2.24, 2.45) is 0 Å². The van der Waals surface area contributed by atoms with Gasteiger partial charge in [-0.2, -0.15) is 0 Å². The van der Waals surface area contributed by atoms with Gasteiger partial charge in [0.1, 0.15) is 11.8 Å². The number of benzene rings is 2. The first-order chi connectivity index (χ1) is 12.7. The minimum atomic E-state index is -0.426. The van der Waals surface area contributed by atoms with E-state index in [9.17, 15) is 4.79 Å². The van der Waals surface area contributed by atoms with Crippen molar-refractivity contribution < 1.29 is 9.53 Å². The number of aryl methyl sites for hydroxylation is 1. The maximum Gasteiger partial charge on any atom is 0.247 e. The van der Waals surface area contributed by atoms with Crippen LogP contribution in [0.1, 0.15) is 49.3 Å². The third-order valence-corrected chi connectivity index (χ3v) is 4.99. The van der Waals surface area contributed by atoms with Crippen molar-refractivity contribution in [2.75, 3.05) is 12.4 Å². The highest BCUT2D eigenvalue weighted by molar-refractivity contribution is 5.86. The van der Waals surface area contributed by atoms with Crippen LogP contribution in [-0.2, 0) is 4.79 Å². The second kappa shape index (κ2) is 8.75. The summed E-state index contributed by atoms with van der Waals surface area (Å²) in [7, 11) is 1.65. The van der Waals surface area contributed by atoms with Crippen LogP contribution in [0.5, 0.6) is 5.75 Å². The number of carbonyl (C=O) groups excluding carboxylic acids is 1. The number of rotatable bonds is 6. The molecule has 2 aromatic carbocycles. The Hall–Kier alpha value is -2.49. The fraction of sp³-hybridized carbons (Fsp3) is 0.409. The van der Waals surface area contributed by atoms with Crippen molar-refractivity contribution in [3.63, 3.8) is 0 Å². The average molecular weight is 352 g/mol. The number of amides is 1. The quantitative estimate of drug-likeness (QED) is 0.798. The Morgan fingerprint density at radius 1 is 1.08 bits per heavy atom. The van der Waals surface area contributed by atoms with Crippen LogP contribution < -0.4 is 15.4 Å². The predicted molar refractivity (Wildman–Crippen MR) is 106 cm³/mol. The lowest BCUT2D eigenvalue weighted by molar-refractivity contribution is -0.122. The molecular weight excluding hydrogens is 324 g/mol. The molecule has 3 rings (SSSR count). The highest BCUT2D eigenvalue weighted by atomic mass is 16.5. The van der Waals surface area contributed by atoms with Crippen LogP contribution >= 0.6 is 0 Å². The molecule has 2 aromatic rings. The van der Waals surface area contributed by atoms with E-state index in [2.05, 4.69) is 29.7 Å². The summed E-state index contributed by atoms with van der Waals surface area (Å²) in [6.45, 7) is 2.05. The summed E-state index contributed by atoms with van der Waals surface area (Å²) >= 11 is 0. The molecule has 1 fully saturated rings. The fourth-order valence-electron chi connectivity index (χ4n) is 3.53. The second-order valence-corrected chi connectivity index (χ2v) is 7.06. The predicted octanol–water partition coefficient (Wildman–Crippen LogP) is 4.61. The highest BCUT2D eigenvalue weighted by Crippen LogP contribution is 2.24. The molecule has 4 heteroatoms. The maximum atomic E-state index is 13.1. The normalized spacial score (nSPS) is 15.9. The molecule has 0 spiro atoms. The first kappa shape index (κ1) is 18.3. The Morgan fingerprint density at radius 2 is 1.81 bits per heavy atom. The van der Waals surface area contributed by atoms with Crippen LogP contribution in [0.15, 0.2) is 48.5 Å². The molecule has 0 saturated heterocycles. The Balaban J connectivity index is 1.80. The number of hydrogen-bond acceptors (Lipinski definition) is 3. The van der Waals surface area contributed by atoms with Crippen molar-refractivity contribution in [3.05, 3.63) is 59.7 Å². The summed E-state index contributed by atoms with van der Waals surface area (Å²) in [5, 5.41) is 6.66. The third-order valence-electron chi connectivity index (χ3n) is 4.99. The van der Waals surface area contributed by atoms with E-state index in [4.69, 9.17) is 4.74 Å². The van der Waals surface area contributed by atoms with Gasteiger partial charge >= 0.3 is 0 Å². The van der Waals surface area contributed by atoms with Gasteiger partial charge < -0.3 is 15.4 Å². The molecular formula is C22H28N2O2. The van der Waals surface area contributed by atoms with Crippen molar-refractivity contribution in [2.45, 2.75) is 51.1 Å². The van der Waals surface area contributed by atoms with Crippen molar-refractivity contribution in [1.82, 2.24) is 5.32 Å². The second-order valence-electron chi connectivity index (χ2n) is 7.06. The van der Waals surface area contributed by atoms with Crippen LogP contribution in [0.2, 0.25) is 0 Å². The minimum absolute atomic E-state index is 0.0311. The van der Waals surface area contributed by atoms with Crippen molar-refractivity contribution in [1.29, 1.82) is 0 Å². The largest absolute Gasteiger partial charge is 0.497 e. The molecule has 1 aliphatic carbocycles. The number of carbonyl (C=O) groups is 1. The monoisotopic (exact) mass is 352 g/mol. The van der Waals surface area contributed by atoms with Crippen molar-refractivity contribution >= 4 is 11.6 Å². The number of anilines is 1. The van der Waals surface area contributed by atoms with Gasteiger partial charge in [0.25, 0.3) is 0 Å². The van der Waals surface area contributed by atoms with Crippen LogP contribution in [0.3, 0.4) is 0 Å². The summed E-state index contributed by atoms with van der Waals surface area (Å²) in [5.74, 6) is 0.819. The molecule has 0 unspecified atom stereocenters. The summed E-state index contributed by atoms with van der Waals surface area (Å²) in [6.07, 6.45) is 5.82. The number of nitrogens with one attached hydrogen (secondary N) is 2. The number of ether oxygens (including phenoxy) is 1. The van der Waals surface area contributed by atoms with Crippen LogP contribution in [0, 0.1) is 6.92 Å². The van der Waals surface area contributed by atoms with Crippen molar-refractivity contribution in [3.8, 4) is 5.75 Å². The maximum absolute atomic E-state index is 13.1. The Morgan fingerprint density at radius 3 is 2.46 bits per heavy atom. The van der Waals surface area contributed by atoms with Gasteiger partial charge in [0.05, 0.1) is 7.11 Å². The molecule has 1 saturated carbocycles. The van der Waals surface area contributed by atoms with Gasteiger partial charge in [-0.1, -0.05) is 43.5 Å². The molecule has 1 atom stereocenters. The van der Waals surface area contributed by atoms with E-state index >= 15 is 0 Å². The summed E-state index contributed by atoms with van der Waals surface area (Å²) < 4.78 is 5.24. The summed E-state index contributed by atoms with van der Waals surface area (Å²) in [5.41, 5.74) is 3.04. The zero-order valence-corrected chi connectivity index (χ0v) is 15.6. The van der Waals surface area contributed by atoms with E-state index in [1.54, 1.807) is 7.11 Å². The number of methoxy groups -OCH3 is 1. The van der Waals surface area contributed by atoms with Gasteiger partial charge in [-0.15, -0.1) is 0 Å². The lowest BCUT2D eigenvalue weighted by Crippen LogP contribution is -2.41. The zero-order valence-electron chi connectivity index (χ0n) is 15.6. The van der Waals surface area contributed by atoms with E-state index in [1.165, 1.54) is 19.3 Å². The van der Waals surface area contributed by atoms with E-state index in [0.717, 1.165) is 35.4 Å². The molecule has 0 bridgehead atoms. The lowest BCUT2D eigenvalue weighted by Gasteiger charge is -2.27. The van der Waals surface area contributed by atoms with Crippen LogP contribution in [0.4, 0.5) is 5.69 Å². The topological polar surface area (TPSA) is 50.4 Å². The molecule has 26 heavy (non-hydrogen) atoms. The Labute approximate surface area is 156 Å². The van der Waals surface area contributed by atoms with E-state index < -0.39 is 6.04 Å². The van der Waals surface area contributed by atoms with Gasteiger partial charge in [0.15, 0.2) is 0 Å². The SMILES string of the molecule is COc1ccc([C@H](Nc2cccc(C)c2)C(=O)NC2CCCCC2)cc1. The zero-order chi connectivity index (χ0) is 18.4. The van der Waals surface area contributed by atoms with Gasteiger partial charge in [0, 0.05) is 11.7 Å². The first-order valence-corrected chi connectivity index (χ1v) is 9.43. The standard InChI is InChI=1S/C22H28N2O2/c1-16-7-6-10-19(15-16)23-21(17-11-13-20(26-2)14-12-17)22(25)24-18-8-4-3-5-9-18/h6-7,10-15,18,21,23H,3-5,8-9H2,1-2H3,(H,24,25)/t21-/m0/s1. The van der Waals surface area contributed by atoms with Gasteiger partial charge in [0.2, 0.25) is 5.91 Å². The van der Waals surface area contributed by atoms with E-state index in [1.807, 2.05) is 36.4 Å². The molecule has 2 N–H and O–H groups in total. The summed E-state index contributed by atoms with van der Waals surface area (Å²) in [6, 6.07) is 15.7. The molecule has 1 aliphatic rings. The lowest BCUT2D eigenvalue weighted by atomic mass is 9.95. The third kappa shape index (κ3) is 4.78. The highest BCUT2D eigenvalue weighted by Gasteiger charge is 2.24. The molecule has 0 aliphatic heterocycles. The van der Waals surface area contributed by atoms with Gasteiger partial charge in [-0.3, -0.25) is 4.79 Å². The molecule has 4 nitrogen and oxygen atoms in total. The molecule has 0 heterocycles. The molecule has 0 aromatic heterocycles. The smallest absolute Gasteiger partial charge is 0.247 e. The summed E-state index contributed by atoms with van der Waals surface area (Å²) in [4.78, 5) is 13.1. The average Bonchev–Trinajstić information content (AvgIpc) is 2.67. The molecule has 1 amide bonds. The van der Waals surface area contributed by atoms with Crippen LogP contribution in [-0.4, -0.2) is 19.1 Å². The molecule has 0 radical (unpaired) electrons. The van der Waals surface area contributed by atoms with Crippen LogP contribution in [0.25, 0.3) is 0 Å². The minimum Gasteiger partial charge on any atom is -0.497 e. The fourth-order valence-corrected chi connectivity index (χ4v) is 3.53. The Kier molecular flexibility index (Phi) is 6.16. The van der Waals surface area contributed by atoms with E-state index in [0.29, 0.717) is 0 Å². The Bertz CT molecular complexity index is 721. The van der Waals surface area contributed by atoms with E-state index in [-0.39, 0.29) is 11.9 Å². The number of hydrogen-bond donors (Lipinski definition) is 2. The first-order valence-electron chi connectivity index (χ1n) is 9.43. The van der Waals surface area contributed by atoms with Gasteiger partial charge in [-0.25, -0.2) is 0 Å². The molecule has 138 valence electrons.